The smallest absolute Gasteiger partial charge is 0.301 e. The summed E-state index contributed by atoms with van der Waals surface area (Å²) in [6.07, 6.45) is 0. The van der Waals surface area contributed by atoms with Crippen molar-refractivity contribution in [2.75, 3.05) is 11.8 Å². The molecule has 0 radical (unpaired) electrons. The first-order valence-corrected chi connectivity index (χ1v) is 7.35. The van der Waals surface area contributed by atoms with Gasteiger partial charge in [0.05, 0.1) is 5.69 Å². The number of nitrogens with one attached hydrogen (secondary N) is 1. The van der Waals surface area contributed by atoms with Crippen molar-refractivity contribution in [1.29, 1.82) is 0 Å². The van der Waals surface area contributed by atoms with Crippen LogP contribution in [-0.2, 0) is 10.2 Å². The van der Waals surface area contributed by atoms with Gasteiger partial charge in [0.15, 0.2) is 0 Å². The van der Waals surface area contributed by atoms with E-state index in [1.807, 2.05) is 0 Å². The second-order valence-corrected chi connectivity index (χ2v) is 6.44. The maximum Gasteiger partial charge on any atom is 0.301 e. The van der Waals surface area contributed by atoms with Crippen LogP contribution in [0.4, 0.5) is 10.1 Å². The van der Waals surface area contributed by atoms with Crippen LogP contribution in [0.5, 0.6) is 0 Å². The normalized spacial score (nSPS) is 11.9. The molecule has 1 aromatic rings. The first-order valence-electron chi connectivity index (χ1n) is 5.50. The van der Waals surface area contributed by atoms with Gasteiger partial charge < -0.3 is 5.73 Å². The molecule has 106 valence electrons. The molecule has 19 heavy (non-hydrogen) atoms. The van der Waals surface area contributed by atoms with E-state index >= 15 is 0 Å². The zero-order valence-corrected chi connectivity index (χ0v) is 12.5. The molecular formula is C11H16FN3O2S2. The highest BCUT2D eigenvalue weighted by Crippen LogP contribution is 2.19. The Hall–Kier alpha value is -1.25. The molecular weight excluding hydrogens is 289 g/mol. The maximum atomic E-state index is 13.1. The number of halogens is 1. The van der Waals surface area contributed by atoms with Crippen molar-refractivity contribution in [3.8, 4) is 0 Å². The number of hydrogen-bond acceptors (Lipinski definition) is 3. The molecule has 0 aliphatic heterocycles. The lowest BCUT2D eigenvalue weighted by Gasteiger charge is -2.22. The summed E-state index contributed by atoms with van der Waals surface area (Å²) in [6, 6.07) is 3.30. The number of nitrogens with two attached hydrogens (primary N) is 1. The van der Waals surface area contributed by atoms with Gasteiger partial charge in [-0.05, 0) is 32.0 Å². The van der Waals surface area contributed by atoms with Gasteiger partial charge in [-0.3, -0.25) is 4.72 Å². The van der Waals surface area contributed by atoms with Crippen LogP contribution in [0.15, 0.2) is 18.2 Å². The summed E-state index contributed by atoms with van der Waals surface area (Å²) in [6.45, 7) is 3.47. The first-order chi connectivity index (χ1) is 8.65. The molecule has 0 heterocycles. The Bertz CT molecular complexity index is 588. The standard InChI is InChI=1S/C11H16FN3O2S2/c1-7(2)15(3)19(16,17)14-10-5-4-8(12)6-9(10)11(13)18/h4-7,14H,1-3H3,(H2,13,18). The van der Waals surface area contributed by atoms with Crippen LogP contribution in [0.1, 0.15) is 19.4 Å². The minimum absolute atomic E-state index is 0.0793. The van der Waals surface area contributed by atoms with E-state index < -0.39 is 16.0 Å². The zero-order valence-electron chi connectivity index (χ0n) is 10.8. The van der Waals surface area contributed by atoms with Crippen LogP contribution in [-0.4, -0.2) is 30.8 Å². The zero-order chi connectivity index (χ0) is 14.8. The molecule has 0 aromatic heterocycles. The predicted molar refractivity (Wildman–Crippen MR) is 77.7 cm³/mol. The van der Waals surface area contributed by atoms with Gasteiger partial charge in [-0.15, -0.1) is 0 Å². The molecule has 5 nitrogen and oxygen atoms in total. The molecule has 0 aliphatic rings. The van der Waals surface area contributed by atoms with E-state index in [0.717, 1.165) is 16.4 Å². The molecule has 1 aromatic carbocycles. The topological polar surface area (TPSA) is 75.4 Å². The first kappa shape index (κ1) is 15.8. The number of hydrogen-bond donors (Lipinski definition) is 2. The molecule has 1 rings (SSSR count). The molecule has 0 aliphatic carbocycles. The summed E-state index contributed by atoms with van der Waals surface area (Å²) >= 11 is 4.78. The van der Waals surface area contributed by atoms with Gasteiger partial charge in [-0.25, -0.2) is 4.39 Å². The summed E-state index contributed by atoms with van der Waals surface area (Å²) in [7, 11) is -2.29. The summed E-state index contributed by atoms with van der Waals surface area (Å²) in [5.74, 6) is -0.539. The third kappa shape index (κ3) is 3.85. The molecule has 0 unspecified atom stereocenters. The van der Waals surface area contributed by atoms with Crippen molar-refractivity contribution < 1.29 is 12.8 Å². The highest BCUT2D eigenvalue weighted by molar-refractivity contribution is 7.90. The largest absolute Gasteiger partial charge is 0.389 e. The summed E-state index contributed by atoms with van der Waals surface area (Å²) in [5.41, 5.74) is 5.76. The van der Waals surface area contributed by atoms with E-state index in [4.69, 9.17) is 18.0 Å². The van der Waals surface area contributed by atoms with Crippen LogP contribution in [0.25, 0.3) is 0 Å². The second kappa shape index (κ2) is 5.81. The highest BCUT2D eigenvalue weighted by Gasteiger charge is 2.22. The predicted octanol–water partition coefficient (Wildman–Crippen LogP) is 1.46. The number of thiocarbonyl (C=S) groups is 1. The van der Waals surface area contributed by atoms with Crippen molar-refractivity contribution in [3.63, 3.8) is 0 Å². The average molecular weight is 305 g/mol. The van der Waals surface area contributed by atoms with Crippen LogP contribution in [0, 0.1) is 5.82 Å². The van der Waals surface area contributed by atoms with E-state index in [1.165, 1.54) is 13.1 Å². The average Bonchev–Trinajstić information content (AvgIpc) is 2.29. The number of rotatable bonds is 5. The molecule has 0 spiro atoms. The minimum atomic E-state index is -3.74. The summed E-state index contributed by atoms with van der Waals surface area (Å²) in [4.78, 5) is -0.0793. The van der Waals surface area contributed by atoms with Gasteiger partial charge in [0, 0.05) is 18.7 Å². The van der Waals surface area contributed by atoms with E-state index in [9.17, 15) is 12.8 Å². The molecule has 0 atom stereocenters. The maximum absolute atomic E-state index is 13.1. The lowest BCUT2D eigenvalue weighted by molar-refractivity contribution is 0.414. The van der Waals surface area contributed by atoms with E-state index in [-0.39, 0.29) is 22.3 Å². The molecule has 0 saturated heterocycles. The minimum Gasteiger partial charge on any atom is -0.389 e. The lowest BCUT2D eigenvalue weighted by Crippen LogP contribution is -2.37. The van der Waals surface area contributed by atoms with Gasteiger partial charge in [0.1, 0.15) is 10.8 Å². The Morgan fingerprint density at radius 3 is 2.53 bits per heavy atom. The second-order valence-electron chi connectivity index (χ2n) is 4.27. The van der Waals surface area contributed by atoms with Crippen LogP contribution < -0.4 is 10.5 Å². The van der Waals surface area contributed by atoms with Crippen molar-refractivity contribution >= 4 is 33.1 Å². The summed E-state index contributed by atoms with van der Waals surface area (Å²) in [5, 5.41) is 0. The van der Waals surface area contributed by atoms with Crippen molar-refractivity contribution in [1.82, 2.24) is 4.31 Å². The van der Waals surface area contributed by atoms with E-state index in [2.05, 4.69) is 4.72 Å². The monoisotopic (exact) mass is 305 g/mol. The lowest BCUT2D eigenvalue weighted by atomic mass is 10.2. The Morgan fingerprint density at radius 1 is 1.47 bits per heavy atom. The van der Waals surface area contributed by atoms with Gasteiger partial charge in [0.25, 0.3) is 0 Å². The van der Waals surface area contributed by atoms with Crippen molar-refractivity contribution in [2.24, 2.45) is 5.73 Å². The fourth-order valence-electron chi connectivity index (χ4n) is 1.30. The summed E-state index contributed by atoms with van der Waals surface area (Å²) < 4.78 is 40.7. The Balaban J connectivity index is 3.16. The molecule has 0 fully saturated rings. The van der Waals surface area contributed by atoms with Crippen molar-refractivity contribution in [3.05, 3.63) is 29.6 Å². The molecule has 0 saturated carbocycles. The fraction of sp³-hybridized carbons (Fsp3) is 0.364. The van der Waals surface area contributed by atoms with Gasteiger partial charge in [-0.1, -0.05) is 12.2 Å². The van der Waals surface area contributed by atoms with E-state index in [0.29, 0.717) is 0 Å². The quantitative estimate of drug-likeness (QED) is 0.808. The van der Waals surface area contributed by atoms with E-state index in [1.54, 1.807) is 13.8 Å². The number of nitrogens with zero attached hydrogens (tertiary/aromatic N) is 1. The third-order valence-corrected chi connectivity index (χ3v) is 4.47. The number of benzene rings is 1. The Labute approximate surface area is 117 Å². The Kier molecular flexibility index (Phi) is 4.83. The number of anilines is 1. The highest BCUT2D eigenvalue weighted by atomic mass is 32.2. The van der Waals surface area contributed by atoms with Gasteiger partial charge in [-0.2, -0.15) is 12.7 Å². The van der Waals surface area contributed by atoms with Gasteiger partial charge >= 0.3 is 10.2 Å². The molecule has 0 bridgehead atoms. The third-order valence-electron chi connectivity index (χ3n) is 2.59. The van der Waals surface area contributed by atoms with Gasteiger partial charge in [0.2, 0.25) is 0 Å². The Morgan fingerprint density at radius 2 is 2.05 bits per heavy atom. The van der Waals surface area contributed by atoms with Crippen LogP contribution in [0.3, 0.4) is 0 Å². The van der Waals surface area contributed by atoms with Crippen LogP contribution >= 0.6 is 12.2 Å². The molecule has 8 heteroatoms. The van der Waals surface area contributed by atoms with Crippen molar-refractivity contribution in [2.45, 2.75) is 19.9 Å². The SMILES string of the molecule is CC(C)N(C)S(=O)(=O)Nc1ccc(F)cc1C(N)=S. The molecule has 3 N–H and O–H groups in total. The van der Waals surface area contributed by atoms with Crippen LogP contribution in [0.2, 0.25) is 0 Å². The molecule has 0 amide bonds. The fourth-order valence-corrected chi connectivity index (χ4v) is 2.62.